The highest BCUT2D eigenvalue weighted by Crippen LogP contribution is 2.46. The van der Waals surface area contributed by atoms with Gasteiger partial charge < -0.3 is 15.4 Å². The number of nitrogens with zero attached hydrogens (tertiary/aromatic N) is 1. The molecule has 0 spiro atoms. The molecule has 1 saturated carbocycles. The van der Waals surface area contributed by atoms with Crippen LogP contribution in [-0.4, -0.2) is 39.3 Å². The molecule has 1 aromatic rings. The Morgan fingerprint density at radius 2 is 2.00 bits per heavy atom. The average molecular weight is 431 g/mol. The van der Waals surface area contributed by atoms with Gasteiger partial charge in [-0.05, 0) is 43.6 Å². The summed E-state index contributed by atoms with van der Waals surface area (Å²) in [6, 6.07) is 10.8. The monoisotopic (exact) mass is 431 g/mol. The number of hydrogen-bond acceptors (Lipinski definition) is 2. The second-order valence-electron chi connectivity index (χ2n) is 5.80. The molecule has 0 amide bonds. The van der Waals surface area contributed by atoms with E-state index in [4.69, 9.17) is 4.74 Å². The van der Waals surface area contributed by atoms with E-state index in [2.05, 4.69) is 46.0 Å². The van der Waals surface area contributed by atoms with Crippen molar-refractivity contribution in [2.75, 3.05) is 33.4 Å². The van der Waals surface area contributed by atoms with E-state index in [0.29, 0.717) is 0 Å². The van der Waals surface area contributed by atoms with E-state index in [1.807, 2.05) is 14.0 Å². The van der Waals surface area contributed by atoms with Crippen molar-refractivity contribution < 1.29 is 4.74 Å². The summed E-state index contributed by atoms with van der Waals surface area (Å²) in [5.74, 6) is 2.37. The summed E-state index contributed by atoms with van der Waals surface area (Å²) in [4.78, 5) is 4.28. The van der Waals surface area contributed by atoms with Crippen LogP contribution >= 0.6 is 24.0 Å². The molecule has 0 saturated heterocycles. The first-order valence-electron chi connectivity index (χ1n) is 8.42. The van der Waals surface area contributed by atoms with E-state index < -0.39 is 0 Å². The van der Waals surface area contributed by atoms with Crippen LogP contribution in [0, 0.1) is 5.92 Å². The van der Waals surface area contributed by atoms with E-state index in [-0.39, 0.29) is 24.0 Å². The van der Waals surface area contributed by atoms with E-state index >= 15 is 0 Å². The Labute approximate surface area is 157 Å². The Kier molecular flexibility index (Phi) is 10.3. The van der Waals surface area contributed by atoms with Gasteiger partial charge in [0.25, 0.3) is 0 Å². The third kappa shape index (κ3) is 7.52. The lowest BCUT2D eigenvalue weighted by Crippen LogP contribution is -2.38. The number of unbranched alkanes of at least 4 members (excludes halogenated alkanes) is 1. The van der Waals surface area contributed by atoms with Crippen molar-refractivity contribution in [2.24, 2.45) is 10.9 Å². The minimum absolute atomic E-state index is 0. The zero-order valence-corrected chi connectivity index (χ0v) is 16.6. The number of halogens is 1. The molecule has 5 heteroatoms. The molecule has 0 heterocycles. The van der Waals surface area contributed by atoms with Gasteiger partial charge in [-0.25, -0.2) is 0 Å². The molecule has 0 aromatic heterocycles. The maximum atomic E-state index is 5.33. The molecule has 2 N–H and O–H groups in total. The normalized spacial score (nSPS) is 19.8. The van der Waals surface area contributed by atoms with Crippen LogP contribution < -0.4 is 10.6 Å². The van der Waals surface area contributed by atoms with Crippen LogP contribution in [0.25, 0.3) is 0 Å². The molecule has 1 aliphatic rings. The second-order valence-corrected chi connectivity index (χ2v) is 5.80. The Morgan fingerprint density at radius 3 is 2.70 bits per heavy atom. The fraction of sp³-hybridized carbons (Fsp3) is 0.611. The van der Waals surface area contributed by atoms with Gasteiger partial charge in [0.15, 0.2) is 5.96 Å². The van der Waals surface area contributed by atoms with Crippen LogP contribution in [0.1, 0.15) is 37.7 Å². The maximum Gasteiger partial charge on any atom is 0.190 e. The van der Waals surface area contributed by atoms with Gasteiger partial charge in [0.05, 0.1) is 0 Å². The van der Waals surface area contributed by atoms with Crippen LogP contribution in [0.5, 0.6) is 0 Å². The number of guanidine groups is 1. The van der Waals surface area contributed by atoms with Crippen molar-refractivity contribution in [3.63, 3.8) is 0 Å². The Morgan fingerprint density at radius 1 is 1.22 bits per heavy atom. The third-order valence-electron chi connectivity index (χ3n) is 4.12. The summed E-state index contributed by atoms with van der Waals surface area (Å²) in [5, 5.41) is 6.81. The van der Waals surface area contributed by atoms with Crippen molar-refractivity contribution in [1.29, 1.82) is 0 Å². The highest BCUT2D eigenvalue weighted by molar-refractivity contribution is 14.0. The van der Waals surface area contributed by atoms with E-state index in [9.17, 15) is 0 Å². The van der Waals surface area contributed by atoms with Gasteiger partial charge >= 0.3 is 0 Å². The van der Waals surface area contributed by atoms with Gasteiger partial charge in [0.1, 0.15) is 0 Å². The molecular formula is C18H30IN3O. The second kappa shape index (κ2) is 11.7. The molecule has 1 aromatic carbocycles. The minimum Gasteiger partial charge on any atom is -0.382 e. The van der Waals surface area contributed by atoms with Crippen LogP contribution in [-0.2, 0) is 4.74 Å². The molecule has 1 fully saturated rings. The Bertz CT molecular complexity index is 453. The van der Waals surface area contributed by atoms with Crippen LogP contribution in [0.2, 0.25) is 0 Å². The summed E-state index contributed by atoms with van der Waals surface area (Å²) >= 11 is 0. The summed E-state index contributed by atoms with van der Waals surface area (Å²) in [6.07, 6.45) is 3.48. The smallest absolute Gasteiger partial charge is 0.190 e. The van der Waals surface area contributed by atoms with Gasteiger partial charge in [0.2, 0.25) is 0 Å². The molecule has 4 nitrogen and oxygen atoms in total. The van der Waals surface area contributed by atoms with Crippen molar-refractivity contribution in [3.8, 4) is 0 Å². The van der Waals surface area contributed by atoms with Crippen molar-refractivity contribution in [2.45, 2.75) is 32.1 Å². The van der Waals surface area contributed by atoms with E-state index in [0.717, 1.165) is 56.9 Å². The minimum atomic E-state index is 0. The molecule has 130 valence electrons. The predicted molar refractivity (Wildman–Crippen MR) is 108 cm³/mol. The highest BCUT2D eigenvalue weighted by atomic mass is 127. The Balaban J connectivity index is 0.00000264. The number of benzene rings is 1. The molecule has 1 aliphatic carbocycles. The number of aliphatic imine (C=N–C) groups is 1. The number of nitrogens with one attached hydrogen (secondary N) is 2. The van der Waals surface area contributed by atoms with Gasteiger partial charge in [-0.2, -0.15) is 0 Å². The number of hydrogen-bond donors (Lipinski definition) is 2. The number of rotatable bonds is 9. The highest BCUT2D eigenvalue weighted by Gasteiger charge is 2.37. The zero-order chi connectivity index (χ0) is 15.6. The van der Waals surface area contributed by atoms with Gasteiger partial charge in [-0.3, -0.25) is 4.99 Å². The van der Waals surface area contributed by atoms with Gasteiger partial charge in [-0.1, -0.05) is 30.3 Å². The third-order valence-corrected chi connectivity index (χ3v) is 4.12. The van der Waals surface area contributed by atoms with Gasteiger partial charge in [-0.15, -0.1) is 24.0 Å². The Hall–Kier alpha value is -0.820. The van der Waals surface area contributed by atoms with E-state index in [1.165, 1.54) is 12.0 Å². The van der Waals surface area contributed by atoms with Crippen molar-refractivity contribution in [3.05, 3.63) is 35.9 Å². The lowest BCUT2D eigenvalue weighted by molar-refractivity contribution is 0.143. The average Bonchev–Trinajstić information content (AvgIpc) is 3.34. The van der Waals surface area contributed by atoms with Crippen molar-refractivity contribution >= 4 is 29.9 Å². The molecule has 23 heavy (non-hydrogen) atoms. The van der Waals surface area contributed by atoms with Crippen LogP contribution in [0.3, 0.4) is 0 Å². The standard InChI is InChI=1S/C18H29N3O.HI/c1-3-22-12-8-7-11-20-18(19-2)21-14-16-13-17(16)15-9-5-4-6-10-15;/h4-6,9-10,16-17H,3,7-8,11-14H2,1-2H3,(H2,19,20,21);1H. The molecule has 0 bridgehead atoms. The quantitative estimate of drug-likeness (QED) is 0.273. The molecule has 2 unspecified atom stereocenters. The summed E-state index contributed by atoms with van der Waals surface area (Å²) in [6.45, 7) is 5.63. The van der Waals surface area contributed by atoms with Crippen molar-refractivity contribution in [1.82, 2.24) is 10.6 Å². The molecule has 2 rings (SSSR count). The molecule has 2 atom stereocenters. The summed E-state index contributed by atoms with van der Waals surface area (Å²) < 4.78 is 5.33. The molecular weight excluding hydrogens is 401 g/mol. The first-order chi connectivity index (χ1) is 10.8. The zero-order valence-electron chi connectivity index (χ0n) is 14.3. The topological polar surface area (TPSA) is 45.6 Å². The lowest BCUT2D eigenvalue weighted by atomic mass is 10.1. The fourth-order valence-electron chi connectivity index (χ4n) is 2.71. The van der Waals surface area contributed by atoms with E-state index in [1.54, 1.807) is 0 Å². The van der Waals surface area contributed by atoms with Gasteiger partial charge in [0, 0.05) is 33.4 Å². The maximum absolute atomic E-state index is 5.33. The number of ether oxygens (including phenoxy) is 1. The SMILES string of the molecule is CCOCCCCNC(=NC)NCC1CC1c1ccccc1.I. The van der Waals surface area contributed by atoms with Crippen LogP contribution in [0.4, 0.5) is 0 Å². The molecule has 0 radical (unpaired) electrons. The fourth-order valence-corrected chi connectivity index (χ4v) is 2.71. The first kappa shape index (κ1) is 20.2. The summed E-state index contributed by atoms with van der Waals surface area (Å²) in [7, 11) is 1.83. The van der Waals surface area contributed by atoms with Crippen LogP contribution in [0.15, 0.2) is 35.3 Å². The first-order valence-corrected chi connectivity index (χ1v) is 8.42. The summed E-state index contributed by atoms with van der Waals surface area (Å²) in [5.41, 5.74) is 1.47. The lowest BCUT2D eigenvalue weighted by Gasteiger charge is -2.11. The largest absolute Gasteiger partial charge is 0.382 e. The molecule has 0 aliphatic heterocycles. The predicted octanol–water partition coefficient (Wildman–Crippen LogP) is 3.39.